The molecule has 0 spiro atoms. The second kappa shape index (κ2) is 8.43. The Hall–Kier alpha value is 0.270. The number of nitrogens with one attached hydrogen (secondary N) is 1. The number of ether oxygens (including phenoxy) is 1. The zero-order chi connectivity index (χ0) is 10.9. The number of hydrogen-bond donors (Lipinski definition) is 1. The largest absolute Gasteiger partial charge is 0.385 e. The molecule has 1 aliphatic carbocycles. The highest BCUT2D eigenvalue weighted by Gasteiger charge is 2.23. The van der Waals surface area contributed by atoms with E-state index >= 15 is 0 Å². The van der Waals surface area contributed by atoms with Crippen LogP contribution in [-0.4, -0.2) is 37.3 Å². The van der Waals surface area contributed by atoms with Gasteiger partial charge in [0.05, 0.1) is 0 Å². The molecule has 1 aliphatic rings. The highest BCUT2D eigenvalue weighted by atomic mass is 32.2. The van der Waals surface area contributed by atoms with Gasteiger partial charge in [0.25, 0.3) is 0 Å². The molecular weight excluding hydrogens is 206 g/mol. The lowest BCUT2D eigenvalue weighted by atomic mass is 9.95. The van der Waals surface area contributed by atoms with Crippen LogP contribution >= 0.6 is 11.8 Å². The van der Waals surface area contributed by atoms with Gasteiger partial charge < -0.3 is 10.1 Å². The van der Waals surface area contributed by atoms with Crippen molar-refractivity contribution in [3.8, 4) is 0 Å². The van der Waals surface area contributed by atoms with Crippen LogP contribution < -0.4 is 5.32 Å². The van der Waals surface area contributed by atoms with E-state index in [1.165, 1.54) is 37.9 Å². The van der Waals surface area contributed by atoms with E-state index in [2.05, 4.69) is 24.0 Å². The van der Waals surface area contributed by atoms with Crippen LogP contribution in [0.15, 0.2) is 0 Å². The molecule has 3 heteroatoms. The lowest BCUT2D eigenvalue weighted by molar-refractivity contribution is 0.200. The van der Waals surface area contributed by atoms with Crippen molar-refractivity contribution < 1.29 is 4.74 Å². The van der Waals surface area contributed by atoms with Crippen LogP contribution in [0.5, 0.6) is 0 Å². The van der Waals surface area contributed by atoms with Gasteiger partial charge in [0, 0.05) is 25.0 Å². The summed E-state index contributed by atoms with van der Waals surface area (Å²) in [6.07, 6.45) is 6.79. The van der Waals surface area contributed by atoms with Gasteiger partial charge in [-0.05, 0) is 31.6 Å². The molecular formula is C12H25NOS. The van der Waals surface area contributed by atoms with Gasteiger partial charge in [-0.15, -0.1) is 0 Å². The molecule has 1 fully saturated rings. The van der Waals surface area contributed by atoms with Crippen LogP contribution in [0.25, 0.3) is 0 Å². The van der Waals surface area contributed by atoms with E-state index in [4.69, 9.17) is 4.74 Å². The summed E-state index contributed by atoms with van der Waals surface area (Å²) in [5.41, 5.74) is 0. The topological polar surface area (TPSA) is 21.3 Å². The van der Waals surface area contributed by atoms with E-state index in [1.807, 2.05) is 0 Å². The van der Waals surface area contributed by atoms with Crippen LogP contribution in [0, 0.1) is 0 Å². The molecule has 2 nitrogen and oxygen atoms in total. The Labute approximate surface area is 98.5 Å². The summed E-state index contributed by atoms with van der Waals surface area (Å²) < 4.78 is 5.08. The minimum Gasteiger partial charge on any atom is -0.385 e. The van der Waals surface area contributed by atoms with Gasteiger partial charge in [0.2, 0.25) is 0 Å². The molecule has 0 radical (unpaired) electrons. The zero-order valence-electron chi connectivity index (χ0n) is 10.1. The molecule has 15 heavy (non-hydrogen) atoms. The first-order valence-electron chi connectivity index (χ1n) is 6.22. The zero-order valence-corrected chi connectivity index (χ0v) is 10.9. The van der Waals surface area contributed by atoms with E-state index in [0.29, 0.717) is 0 Å². The third-order valence-corrected chi connectivity index (χ3v) is 4.51. The van der Waals surface area contributed by atoms with Gasteiger partial charge in [-0.3, -0.25) is 0 Å². The summed E-state index contributed by atoms with van der Waals surface area (Å²) in [6.45, 7) is 4.23. The molecule has 0 aliphatic heterocycles. The van der Waals surface area contributed by atoms with Crippen LogP contribution in [0.3, 0.4) is 0 Å². The molecule has 1 saturated carbocycles. The van der Waals surface area contributed by atoms with Crippen LogP contribution in [0.1, 0.15) is 39.0 Å². The summed E-state index contributed by atoms with van der Waals surface area (Å²) in [6, 6.07) is 0.760. The third-order valence-electron chi connectivity index (χ3n) is 2.99. The minimum atomic E-state index is 0.760. The quantitative estimate of drug-likeness (QED) is 0.681. The Morgan fingerprint density at radius 2 is 2.13 bits per heavy atom. The number of thioether (sulfide) groups is 1. The average molecular weight is 231 g/mol. The van der Waals surface area contributed by atoms with Crippen molar-refractivity contribution in [3.63, 3.8) is 0 Å². The van der Waals surface area contributed by atoms with E-state index in [1.54, 1.807) is 7.11 Å². The maximum absolute atomic E-state index is 5.08. The van der Waals surface area contributed by atoms with E-state index in [-0.39, 0.29) is 0 Å². The predicted octanol–water partition coefficient (Wildman–Crippen LogP) is 2.68. The summed E-state index contributed by atoms with van der Waals surface area (Å²) in [4.78, 5) is 0. The second-order valence-electron chi connectivity index (χ2n) is 4.20. The Bertz CT molecular complexity index is 153. The normalized spacial score (nSPS) is 26.8. The van der Waals surface area contributed by atoms with Gasteiger partial charge in [0.15, 0.2) is 0 Å². The van der Waals surface area contributed by atoms with Gasteiger partial charge in [0.1, 0.15) is 0 Å². The van der Waals surface area contributed by atoms with Crippen LogP contribution in [0.2, 0.25) is 0 Å². The average Bonchev–Trinajstić information content (AvgIpc) is 2.27. The molecule has 90 valence electrons. The second-order valence-corrected chi connectivity index (χ2v) is 5.55. The Balaban J connectivity index is 2.17. The Kier molecular flexibility index (Phi) is 7.49. The number of hydrogen-bond acceptors (Lipinski definition) is 3. The van der Waals surface area contributed by atoms with Crippen LogP contribution in [0.4, 0.5) is 0 Å². The van der Waals surface area contributed by atoms with Gasteiger partial charge in [-0.2, -0.15) is 11.8 Å². The monoisotopic (exact) mass is 231 g/mol. The van der Waals surface area contributed by atoms with Gasteiger partial charge in [-0.25, -0.2) is 0 Å². The standard InChI is InChI=1S/C12H25NOS/c1-3-13-11-7-4-5-8-12(11)15-10-6-9-14-2/h11-13H,3-10H2,1-2H3. The molecule has 0 bridgehead atoms. The molecule has 2 unspecified atom stereocenters. The first kappa shape index (κ1) is 13.3. The van der Waals surface area contributed by atoms with Gasteiger partial charge >= 0.3 is 0 Å². The van der Waals surface area contributed by atoms with E-state index in [0.717, 1.165) is 24.4 Å². The number of rotatable bonds is 7. The summed E-state index contributed by atoms with van der Waals surface area (Å²) in [7, 11) is 1.78. The fraction of sp³-hybridized carbons (Fsp3) is 1.00. The highest BCUT2D eigenvalue weighted by molar-refractivity contribution is 7.99. The Morgan fingerprint density at radius 1 is 1.33 bits per heavy atom. The molecule has 0 aromatic carbocycles. The molecule has 0 saturated heterocycles. The predicted molar refractivity (Wildman–Crippen MR) is 68.7 cm³/mol. The van der Waals surface area contributed by atoms with Crippen molar-refractivity contribution in [1.82, 2.24) is 5.32 Å². The minimum absolute atomic E-state index is 0.760. The van der Waals surface area contributed by atoms with Crippen molar-refractivity contribution in [2.24, 2.45) is 0 Å². The Morgan fingerprint density at radius 3 is 2.87 bits per heavy atom. The van der Waals surface area contributed by atoms with Crippen molar-refractivity contribution >= 4 is 11.8 Å². The molecule has 0 aromatic heterocycles. The van der Waals surface area contributed by atoms with Crippen molar-refractivity contribution in [2.75, 3.05) is 26.0 Å². The number of methoxy groups -OCH3 is 1. The van der Waals surface area contributed by atoms with Crippen LogP contribution in [-0.2, 0) is 4.74 Å². The fourth-order valence-corrected chi connectivity index (χ4v) is 3.62. The summed E-state index contributed by atoms with van der Waals surface area (Å²) >= 11 is 2.14. The highest BCUT2D eigenvalue weighted by Crippen LogP contribution is 2.29. The maximum Gasteiger partial charge on any atom is 0.0470 e. The summed E-state index contributed by atoms with van der Waals surface area (Å²) in [5, 5.41) is 4.47. The van der Waals surface area contributed by atoms with Gasteiger partial charge in [-0.1, -0.05) is 19.8 Å². The van der Waals surface area contributed by atoms with E-state index < -0.39 is 0 Å². The lowest BCUT2D eigenvalue weighted by Crippen LogP contribution is -2.40. The van der Waals surface area contributed by atoms with Crippen molar-refractivity contribution in [2.45, 2.75) is 50.3 Å². The molecule has 0 amide bonds. The first-order valence-corrected chi connectivity index (χ1v) is 7.27. The van der Waals surface area contributed by atoms with Crippen molar-refractivity contribution in [3.05, 3.63) is 0 Å². The maximum atomic E-state index is 5.08. The first-order chi connectivity index (χ1) is 7.38. The summed E-state index contributed by atoms with van der Waals surface area (Å²) in [5.74, 6) is 1.25. The molecule has 2 atom stereocenters. The molecule has 1 N–H and O–H groups in total. The smallest absolute Gasteiger partial charge is 0.0470 e. The lowest BCUT2D eigenvalue weighted by Gasteiger charge is -2.31. The molecule has 0 heterocycles. The van der Waals surface area contributed by atoms with E-state index in [9.17, 15) is 0 Å². The van der Waals surface area contributed by atoms with Crippen molar-refractivity contribution in [1.29, 1.82) is 0 Å². The fourth-order valence-electron chi connectivity index (χ4n) is 2.23. The third kappa shape index (κ3) is 5.23. The SMILES string of the molecule is CCNC1CCCCC1SCCCOC. The molecule has 1 rings (SSSR count). The molecule has 0 aromatic rings.